The van der Waals surface area contributed by atoms with Crippen LogP contribution in [-0.4, -0.2) is 124 Å². The summed E-state index contributed by atoms with van der Waals surface area (Å²) in [4.78, 5) is 12.6. The fourth-order valence-electron chi connectivity index (χ4n) is 3.60. The minimum atomic E-state index is -2.09. The number of ether oxygens (including phenoxy) is 4. The molecule has 2 aliphatic rings. The first-order valence-corrected chi connectivity index (χ1v) is 9.05. The molecule has 2 fully saturated rings. The highest BCUT2D eigenvalue weighted by atomic mass is 16.6. The predicted molar refractivity (Wildman–Crippen MR) is 93.0 cm³/mol. The molecular weight excluding hydrogens is 396 g/mol. The monoisotopic (exact) mass is 426 g/mol. The van der Waals surface area contributed by atoms with E-state index in [9.17, 15) is 35.4 Å². The second kappa shape index (κ2) is 9.45. The van der Waals surface area contributed by atoms with E-state index in [1.165, 1.54) is 6.92 Å². The van der Waals surface area contributed by atoms with Gasteiger partial charge in [0.05, 0.1) is 32.4 Å². The van der Waals surface area contributed by atoms with Gasteiger partial charge in [0, 0.05) is 0 Å². The number of nitrogens with two attached hydrogens (primary N) is 2. The molecule has 13 heteroatoms. The van der Waals surface area contributed by atoms with Gasteiger partial charge in [0.15, 0.2) is 11.9 Å². The normalized spacial score (nSPS) is 45.4. The van der Waals surface area contributed by atoms with Gasteiger partial charge < -0.3 is 61.1 Å². The van der Waals surface area contributed by atoms with Crippen molar-refractivity contribution >= 4 is 5.97 Å². The van der Waals surface area contributed by atoms with Gasteiger partial charge in [-0.25, -0.2) is 4.79 Å². The largest absolute Gasteiger partial charge is 0.467 e. The molecule has 0 aromatic carbocycles. The topological polar surface area (TPSA) is 227 Å². The zero-order valence-electron chi connectivity index (χ0n) is 16.1. The lowest BCUT2D eigenvalue weighted by molar-refractivity contribution is -0.297. The molecule has 0 bridgehead atoms. The molecule has 10 N–H and O–H groups in total. The summed E-state index contributed by atoms with van der Waals surface area (Å²) >= 11 is 0. The molecule has 0 radical (unpaired) electrons. The van der Waals surface area contributed by atoms with Crippen LogP contribution in [0.25, 0.3) is 0 Å². The third-order valence-electron chi connectivity index (χ3n) is 5.41. The van der Waals surface area contributed by atoms with E-state index in [2.05, 4.69) is 0 Å². The van der Waals surface area contributed by atoms with Crippen molar-refractivity contribution in [3.05, 3.63) is 0 Å². The van der Waals surface area contributed by atoms with Crippen molar-refractivity contribution in [2.24, 2.45) is 11.5 Å². The van der Waals surface area contributed by atoms with Gasteiger partial charge in [-0.2, -0.15) is 0 Å². The molecule has 0 saturated carbocycles. The van der Waals surface area contributed by atoms with Crippen LogP contribution in [0.1, 0.15) is 6.92 Å². The van der Waals surface area contributed by atoms with Crippen LogP contribution in [-0.2, 0) is 23.7 Å². The molecule has 0 aromatic heterocycles. The van der Waals surface area contributed by atoms with Crippen LogP contribution in [0.2, 0.25) is 0 Å². The molecule has 0 aromatic rings. The number of esters is 1. The van der Waals surface area contributed by atoms with Crippen molar-refractivity contribution in [2.75, 3.05) is 20.3 Å². The van der Waals surface area contributed by atoms with Gasteiger partial charge in [-0.15, -0.1) is 0 Å². The van der Waals surface area contributed by atoms with Crippen molar-refractivity contribution in [2.45, 2.75) is 73.6 Å². The minimum Gasteiger partial charge on any atom is -0.467 e. The van der Waals surface area contributed by atoms with Crippen molar-refractivity contribution < 1.29 is 54.4 Å². The van der Waals surface area contributed by atoms with E-state index >= 15 is 0 Å². The molecule has 2 rings (SSSR count). The minimum absolute atomic E-state index is 0.670. The van der Waals surface area contributed by atoms with E-state index in [1.54, 1.807) is 0 Å². The van der Waals surface area contributed by atoms with Crippen LogP contribution < -0.4 is 11.5 Å². The fraction of sp³-hybridized carbons (Fsp3) is 0.938. The maximum atomic E-state index is 12.6. The molecule has 170 valence electrons. The quantitative estimate of drug-likeness (QED) is 0.186. The summed E-state index contributed by atoms with van der Waals surface area (Å²) in [5.74, 6) is -1.01. The molecule has 2 aliphatic heterocycles. The molecule has 2 saturated heterocycles. The van der Waals surface area contributed by atoms with E-state index in [-0.39, 0.29) is 0 Å². The standard InChI is InChI=1S/C16H30N2O11/c1-16(15(25)26-2,13-7(17)11(23)9(21)5(3-19)27-13)29-12-8(18)14(24)28-6(4-20)10(12)22/h5-14,19-24H,3-4,17-18H2,1-2H3/t5-,6-,7-,8-,9-,10-,11-,12-,13?,14+,16?/m1/s1. The summed E-state index contributed by atoms with van der Waals surface area (Å²) in [7, 11) is 1.05. The molecule has 11 atom stereocenters. The van der Waals surface area contributed by atoms with E-state index < -0.39 is 85.9 Å². The van der Waals surface area contributed by atoms with E-state index in [4.69, 9.17) is 30.4 Å². The summed E-state index contributed by atoms with van der Waals surface area (Å²) < 4.78 is 21.1. The molecule has 13 nitrogen and oxygen atoms in total. The van der Waals surface area contributed by atoms with Crippen molar-refractivity contribution in [1.82, 2.24) is 0 Å². The fourth-order valence-corrected chi connectivity index (χ4v) is 3.60. The van der Waals surface area contributed by atoms with Gasteiger partial charge >= 0.3 is 5.97 Å². The Morgan fingerprint density at radius 3 is 2.03 bits per heavy atom. The smallest absolute Gasteiger partial charge is 0.340 e. The Labute approximate surface area is 166 Å². The average Bonchev–Trinajstić information content (AvgIpc) is 2.71. The first-order valence-electron chi connectivity index (χ1n) is 9.05. The SMILES string of the molecule is COC(=O)C(C)(O[C@@H]1[C@@H](N)[C@@H](O)O[C@H](CO)[C@H]1O)C1O[C@H](CO)[C@@H](O)[C@H](O)[C@H]1N. The van der Waals surface area contributed by atoms with Gasteiger partial charge in [0.1, 0.15) is 42.7 Å². The lowest BCUT2D eigenvalue weighted by Gasteiger charge is -2.49. The number of rotatable bonds is 6. The second-order valence-electron chi connectivity index (χ2n) is 7.33. The number of methoxy groups -OCH3 is 1. The first-order chi connectivity index (χ1) is 13.5. The third-order valence-corrected chi connectivity index (χ3v) is 5.41. The van der Waals surface area contributed by atoms with Crippen molar-refractivity contribution in [3.63, 3.8) is 0 Å². The average molecular weight is 426 g/mol. The van der Waals surface area contributed by atoms with E-state index in [0.717, 1.165) is 7.11 Å². The van der Waals surface area contributed by atoms with Crippen LogP contribution >= 0.6 is 0 Å². The molecule has 2 unspecified atom stereocenters. The van der Waals surface area contributed by atoms with Crippen LogP contribution in [0.5, 0.6) is 0 Å². The first kappa shape index (κ1) is 24.3. The molecule has 0 spiro atoms. The number of aliphatic hydroxyl groups excluding tert-OH is 6. The lowest BCUT2D eigenvalue weighted by atomic mass is 9.83. The Morgan fingerprint density at radius 2 is 1.52 bits per heavy atom. The Kier molecular flexibility index (Phi) is 7.92. The number of hydrogen-bond acceptors (Lipinski definition) is 13. The third kappa shape index (κ3) is 4.40. The zero-order valence-corrected chi connectivity index (χ0v) is 16.1. The second-order valence-corrected chi connectivity index (χ2v) is 7.33. The number of carbonyl (C=O) groups is 1. The van der Waals surface area contributed by atoms with Crippen LogP contribution in [0, 0.1) is 0 Å². The van der Waals surface area contributed by atoms with Gasteiger partial charge in [-0.3, -0.25) is 0 Å². The lowest BCUT2D eigenvalue weighted by Crippen LogP contribution is -2.72. The van der Waals surface area contributed by atoms with Crippen molar-refractivity contribution in [3.8, 4) is 0 Å². The number of hydrogen-bond donors (Lipinski definition) is 8. The highest BCUT2D eigenvalue weighted by molar-refractivity contribution is 5.80. The van der Waals surface area contributed by atoms with Crippen LogP contribution in [0.3, 0.4) is 0 Å². The Hall–Kier alpha value is -0.970. The molecule has 0 aliphatic carbocycles. The summed E-state index contributed by atoms with van der Waals surface area (Å²) in [5, 5.41) is 59.4. The van der Waals surface area contributed by atoms with E-state index in [1.807, 2.05) is 0 Å². The molecular formula is C16H30N2O11. The summed E-state index contributed by atoms with van der Waals surface area (Å²) in [6, 6.07) is -2.69. The van der Waals surface area contributed by atoms with Gasteiger partial charge in [-0.05, 0) is 6.92 Å². The number of aliphatic hydroxyl groups is 6. The van der Waals surface area contributed by atoms with Gasteiger partial charge in [0.2, 0.25) is 0 Å². The summed E-state index contributed by atoms with van der Waals surface area (Å²) in [5.41, 5.74) is 9.71. The Morgan fingerprint density at radius 1 is 0.966 bits per heavy atom. The van der Waals surface area contributed by atoms with Gasteiger partial charge in [0.25, 0.3) is 0 Å². The molecule has 0 amide bonds. The predicted octanol–water partition coefficient (Wildman–Crippen LogP) is -5.49. The summed E-state index contributed by atoms with van der Waals surface area (Å²) in [6.45, 7) is -0.155. The zero-order chi connectivity index (χ0) is 22.1. The van der Waals surface area contributed by atoms with E-state index in [0.29, 0.717) is 0 Å². The number of carbonyl (C=O) groups excluding carboxylic acids is 1. The Balaban J connectivity index is 2.40. The maximum Gasteiger partial charge on any atom is 0.340 e. The van der Waals surface area contributed by atoms with Crippen molar-refractivity contribution in [1.29, 1.82) is 0 Å². The Bertz CT molecular complexity index is 567. The summed E-state index contributed by atoms with van der Waals surface area (Å²) in [6.07, 6.45) is -11.7. The van der Waals surface area contributed by atoms with Crippen LogP contribution in [0.15, 0.2) is 0 Å². The maximum absolute atomic E-state index is 12.6. The molecule has 29 heavy (non-hydrogen) atoms. The van der Waals surface area contributed by atoms with Gasteiger partial charge in [-0.1, -0.05) is 0 Å². The highest BCUT2D eigenvalue weighted by Gasteiger charge is 2.58. The van der Waals surface area contributed by atoms with Crippen LogP contribution in [0.4, 0.5) is 0 Å². The highest BCUT2D eigenvalue weighted by Crippen LogP contribution is 2.34. The molecule has 2 heterocycles.